The van der Waals surface area contributed by atoms with Crippen molar-refractivity contribution in [3.05, 3.63) is 35.9 Å². The first kappa shape index (κ1) is 11.6. The van der Waals surface area contributed by atoms with Crippen molar-refractivity contribution in [2.45, 2.75) is 13.5 Å². The van der Waals surface area contributed by atoms with E-state index in [1.54, 1.807) is 19.0 Å². The SMILES string of the molecule is CCN(Cc1ccccc1)C(=O)N(C)C. The molecule has 1 aromatic rings. The van der Waals surface area contributed by atoms with Crippen LogP contribution < -0.4 is 0 Å². The Bertz CT molecular complexity index is 309. The number of hydrogen-bond acceptors (Lipinski definition) is 1. The van der Waals surface area contributed by atoms with Crippen LogP contribution in [0.2, 0.25) is 0 Å². The molecule has 0 unspecified atom stereocenters. The highest BCUT2D eigenvalue weighted by Gasteiger charge is 2.13. The van der Waals surface area contributed by atoms with E-state index in [9.17, 15) is 4.79 Å². The van der Waals surface area contributed by atoms with E-state index in [1.165, 1.54) is 0 Å². The van der Waals surface area contributed by atoms with Crippen molar-refractivity contribution < 1.29 is 4.79 Å². The lowest BCUT2D eigenvalue weighted by Gasteiger charge is -2.24. The van der Waals surface area contributed by atoms with E-state index in [4.69, 9.17) is 0 Å². The third-order valence-electron chi connectivity index (χ3n) is 2.25. The van der Waals surface area contributed by atoms with Crippen LogP contribution in [-0.4, -0.2) is 36.5 Å². The lowest BCUT2D eigenvalue weighted by Crippen LogP contribution is -2.38. The molecular weight excluding hydrogens is 188 g/mol. The van der Waals surface area contributed by atoms with Gasteiger partial charge in [-0.3, -0.25) is 0 Å². The van der Waals surface area contributed by atoms with Gasteiger partial charge < -0.3 is 9.80 Å². The van der Waals surface area contributed by atoms with Crippen molar-refractivity contribution in [2.24, 2.45) is 0 Å². The quantitative estimate of drug-likeness (QED) is 0.743. The van der Waals surface area contributed by atoms with Gasteiger partial charge >= 0.3 is 6.03 Å². The first-order valence-corrected chi connectivity index (χ1v) is 5.15. The van der Waals surface area contributed by atoms with Crippen LogP contribution in [-0.2, 0) is 6.54 Å². The van der Waals surface area contributed by atoms with E-state index in [-0.39, 0.29) is 6.03 Å². The Kier molecular flexibility index (Phi) is 4.16. The summed E-state index contributed by atoms with van der Waals surface area (Å²) < 4.78 is 0. The van der Waals surface area contributed by atoms with Crippen molar-refractivity contribution in [1.29, 1.82) is 0 Å². The number of rotatable bonds is 3. The normalized spacial score (nSPS) is 9.80. The Labute approximate surface area is 91.3 Å². The van der Waals surface area contributed by atoms with Gasteiger partial charge in [-0.05, 0) is 12.5 Å². The summed E-state index contributed by atoms with van der Waals surface area (Å²) in [5.74, 6) is 0. The Balaban J connectivity index is 2.66. The third kappa shape index (κ3) is 3.27. The second kappa shape index (κ2) is 5.39. The summed E-state index contributed by atoms with van der Waals surface area (Å²) in [4.78, 5) is 15.1. The lowest BCUT2D eigenvalue weighted by atomic mass is 10.2. The predicted octanol–water partition coefficient (Wildman–Crippen LogP) is 2.19. The summed E-state index contributed by atoms with van der Waals surface area (Å²) in [6, 6.07) is 10.1. The summed E-state index contributed by atoms with van der Waals surface area (Å²) in [5, 5.41) is 0. The second-order valence-corrected chi connectivity index (χ2v) is 3.68. The number of amides is 2. The zero-order valence-electron chi connectivity index (χ0n) is 9.60. The number of hydrogen-bond donors (Lipinski definition) is 0. The van der Waals surface area contributed by atoms with E-state index in [0.717, 1.165) is 12.1 Å². The van der Waals surface area contributed by atoms with Crippen LogP contribution in [0.1, 0.15) is 12.5 Å². The smallest absolute Gasteiger partial charge is 0.319 e. The Hall–Kier alpha value is -1.51. The monoisotopic (exact) mass is 206 g/mol. The molecule has 1 rings (SSSR count). The summed E-state index contributed by atoms with van der Waals surface area (Å²) >= 11 is 0. The molecule has 0 aliphatic heterocycles. The first-order valence-electron chi connectivity index (χ1n) is 5.15. The number of nitrogens with zero attached hydrogens (tertiary/aromatic N) is 2. The zero-order chi connectivity index (χ0) is 11.3. The number of carbonyl (C=O) groups is 1. The van der Waals surface area contributed by atoms with E-state index in [1.807, 2.05) is 42.2 Å². The van der Waals surface area contributed by atoms with Gasteiger partial charge in [-0.25, -0.2) is 4.79 Å². The van der Waals surface area contributed by atoms with Gasteiger partial charge in [0.2, 0.25) is 0 Å². The van der Waals surface area contributed by atoms with Crippen molar-refractivity contribution in [2.75, 3.05) is 20.6 Å². The van der Waals surface area contributed by atoms with Gasteiger partial charge in [-0.1, -0.05) is 30.3 Å². The maximum absolute atomic E-state index is 11.7. The minimum Gasteiger partial charge on any atom is -0.331 e. The van der Waals surface area contributed by atoms with E-state index in [2.05, 4.69) is 0 Å². The molecule has 0 aromatic heterocycles. The number of benzene rings is 1. The molecule has 0 aliphatic rings. The van der Waals surface area contributed by atoms with Crippen molar-refractivity contribution in [3.8, 4) is 0 Å². The van der Waals surface area contributed by atoms with Crippen molar-refractivity contribution in [3.63, 3.8) is 0 Å². The fourth-order valence-corrected chi connectivity index (χ4v) is 1.40. The Morgan fingerprint density at radius 2 is 1.80 bits per heavy atom. The van der Waals surface area contributed by atoms with Crippen LogP contribution in [0.15, 0.2) is 30.3 Å². The molecule has 0 heterocycles. The second-order valence-electron chi connectivity index (χ2n) is 3.68. The molecule has 82 valence electrons. The van der Waals surface area contributed by atoms with Gasteiger partial charge in [0.25, 0.3) is 0 Å². The van der Waals surface area contributed by atoms with E-state index >= 15 is 0 Å². The molecule has 3 nitrogen and oxygen atoms in total. The fourth-order valence-electron chi connectivity index (χ4n) is 1.40. The minimum atomic E-state index is 0.0568. The Morgan fingerprint density at radius 3 is 2.27 bits per heavy atom. The van der Waals surface area contributed by atoms with E-state index in [0.29, 0.717) is 6.54 Å². The molecule has 0 atom stereocenters. The van der Waals surface area contributed by atoms with Crippen LogP contribution >= 0.6 is 0 Å². The molecule has 0 N–H and O–H groups in total. The molecule has 15 heavy (non-hydrogen) atoms. The van der Waals surface area contributed by atoms with Gasteiger partial charge in [0.05, 0.1) is 0 Å². The average molecular weight is 206 g/mol. The average Bonchev–Trinajstić information content (AvgIpc) is 2.26. The first-order chi connectivity index (χ1) is 7.15. The van der Waals surface area contributed by atoms with Crippen LogP contribution in [0.25, 0.3) is 0 Å². The van der Waals surface area contributed by atoms with E-state index < -0.39 is 0 Å². The van der Waals surface area contributed by atoms with Gasteiger partial charge in [-0.15, -0.1) is 0 Å². The molecule has 0 radical (unpaired) electrons. The highest BCUT2D eigenvalue weighted by Crippen LogP contribution is 2.05. The van der Waals surface area contributed by atoms with Crippen LogP contribution in [0.3, 0.4) is 0 Å². The van der Waals surface area contributed by atoms with Crippen molar-refractivity contribution in [1.82, 2.24) is 9.80 Å². The lowest BCUT2D eigenvalue weighted by molar-refractivity contribution is 0.171. The van der Waals surface area contributed by atoms with Gasteiger partial charge in [0.15, 0.2) is 0 Å². The largest absolute Gasteiger partial charge is 0.331 e. The molecule has 0 bridgehead atoms. The van der Waals surface area contributed by atoms with Crippen molar-refractivity contribution >= 4 is 6.03 Å². The summed E-state index contributed by atoms with van der Waals surface area (Å²) in [6.07, 6.45) is 0. The third-order valence-corrected chi connectivity index (χ3v) is 2.25. The summed E-state index contributed by atoms with van der Waals surface area (Å²) in [5.41, 5.74) is 1.16. The van der Waals surface area contributed by atoms with Gasteiger partial charge in [0, 0.05) is 27.2 Å². The highest BCUT2D eigenvalue weighted by atomic mass is 16.2. The van der Waals surface area contributed by atoms with Gasteiger partial charge in [0.1, 0.15) is 0 Å². The standard InChI is InChI=1S/C12H18N2O/c1-4-14(12(15)13(2)3)10-11-8-6-5-7-9-11/h5-9H,4,10H2,1-3H3. The molecule has 1 aromatic carbocycles. The Morgan fingerprint density at radius 1 is 1.20 bits per heavy atom. The summed E-state index contributed by atoms with van der Waals surface area (Å²) in [7, 11) is 3.55. The van der Waals surface area contributed by atoms with Gasteiger partial charge in [-0.2, -0.15) is 0 Å². The highest BCUT2D eigenvalue weighted by molar-refractivity contribution is 5.73. The maximum Gasteiger partial charge on any atom is 0.319 e. The molecule has 0 aliphatic carbocycles. The number of urea groups is 1. The van der Waals surface area contributed by atoms with Crippen LogP contribution in [0, 0.1) is 0 Å². The molecule has 2 amide bonds. The van der Waals surface area contributed by atoms with Crippen LogP contribution in [0.4, 0.5) is 4.79 Å². The predicted molar refractivity (Wildman–Crippen MR) is 61.6 cm³/mol. The molecule has 0 fully saturated rings. The molecule has 0 saturated carbocycles. The zero-order valence-corrected chi connectivity index (χ0v) is 9.60. The molecule has 3 heteroatoms. The molecule has 0 saturated heterocycles. The summed E-state index contributed by atoms with van der Waals surface area (Å²) in [6.45, 7) is 3.39. The maximum atomic E-state index is 11.7. The molecule has 0 spiro atoms. The number of carbonyl (C=O) groups excluding carboxylic acids is 1. The topological polar surface area (TPSA) is 23.6 Å². The minimum absolute atomic E-state index is 0.0568. The van der Waals surface area contributed by atoms with Crippen LogP contribution in [0.5, 0.6) is 0 Å². The molecular formula is C12H18N2O. The fraction of sp³-hybridized carbons (Fsp3) is 0.417.